The quantitative estimate of drug-likeness (QED) is 0.168. The molecule has 0 saturated carbocycles. The second-order valence-electron chi connectivity index (χ2n) is 17.6. The molecule has 0 amide bonds. The third-order valence-electron chi connectivity index (χ3n) is 13.8. The van der Waals surface area contributed by atoms with Crippen LogP contribution in [0.3, 0.4) is 0 Å². The summed E-state index contributed by atoms with van der Waals surface area (Å²) in [4.78, 5) is 0. The van der Waals surface area contributed by atoms with Crippen LogP contribution in [0.2, 0.25) is 0 Å². The summed E-state index contributed by atoms with van der Waals surface area (Å²) in [6, 6.07) is 54.9. The van der Waals surface area contributed by atoms with Crippen molar-refractivity contribution in [3.8, 4) is 27.9 Å². The first kappa shape index (κ1) is 35.5. The Morgan fingerprint density at radius 1 is 0.516 bits per heavy atom. The molecule has 0 fully saturated rings. The zero-order chi connectivity index (χ0) is 41.1. The van der Waals surface area contributed by atoms with E-state index in [2.05, 4.69) is 217 Å². The first-order valence-corrected chi connectivity index (χ1v) is 22.6. The highest BCUT2D eigenvalue weighted by Crippen LogP contribution is 2.51. The third kappa shape index (κ3) is 5.15. The van der Waals surface area contributed by atoms with Gasteiger partial charge in [0.25, 0.3) is 0 Å². The van der Waals surface area contributed by atoms with Gasteiger partial charge in [0.15, 0.2) is 0 Å². The molecule has 2 nitrogen and oxygen atoms in total. The standard InChI is InChI=1S/C59H42N2S/c1-59(2)51-23-11-7-19-42(51)43-30-28-39(34-52(43)59)47-35-41(36-50-46-22-10-14-27-57(46)62-58(47)50)61-54-25-13-9-20-44(54)48-32-37(16-15-26-55(48)61)38-29-31-56-49(33-38)45-21-8-12-24-53(45)60(56)40-17-5-3-4-6-18-40/h3,5-31,33-36H,4,32H2,1-2H3. The van der Waals surface area contributed by atoms with Gasteiger partial charge in [0.1, 0.15) is 0 Å². The molecule has 0 N–H and O–H groups in total. The van der Waals surface area contributed by atoms with Gasteiger partial charge in [-0.05, 0) is 118 Å². The van der Waals surface area contributed by atoms with Gasteiger partial charge in [-0.15, -0.1) is 11.3 Å². The molecule has 0 unspecified atom stereocenters. The fourth-order valence-electron chi connectivity index (χ4n) is 10.9. The average molecular weight is 811 g/mol. The lowest BCUT2D eigenvalue weighted by Crippen LogP contribution is -2.14. The predicted octanol–water partition coefficient (Wildman–Crippen LogP) is 16.1. The number of para-hydroxylation sites is 2. The van der Waals surface area contributed by atoms with E-state index in [9.17, 15) is 0 Å². The van der Waals surface area contributed by atoms with Crippen LogP contribution in [0.25, 0.3) is 98.2 Å². The van der Waals surface area contributed by atoms with Crippen LogP contribution >= 0.6 is 11.3 Å². The van der Waals surface area contributed by atoms with E-state index in [0.29, 0.717) is 0 Å². The number of allylic oxidation sites excluding steroid dienone is 9. The van der Waals surface area contributed by atoms with Crippen LogP contribution in [0.15, 0.2) is 188 Å². The van der Waals surface area contributed by atoms with Gasteiger partial charge in [-0.25, -0.2) is 0 Å². The molecule has 3 heterocycles. The van der Waals surface area contributed by atoms with Crippen LogP contribution in [0.5, 0.6) is 0 Å². The van der Waals surface area contributed by atoms with Crippen LogP contribution in [-0.2, 0) is 11.8 Å². The summed E-state index contributed by atoms with van der Waals surface area (Å²) in [6.07, 6.45) is 19.8. The summed E-state index contributed by atoms with van der Waals surface area (Å²) in [5.74, 6) is 0. The average Bonchev–Trinajstić information content (AvgIpc) is 3.85. The highest BCUT2D eigenvalue weighted by Gasteiger charge is 2.35. The Morgan fingerprint density at radius 2 is 1.26 bits per heavy atom. The highest BCUT2D eigenvalue weighted by molar-refractivity contribution is 7.26. The Bertz CT molecular complexity index is 3720. The monoisotopic (exact) mass is 810 g/mol. The van der Waals surface area contributed by atoms with Crippen molar-refractivity contribution in [2.75, 3.05) is 0 Å². The zero-order valence-electron chi connectivity index (χ0n) is 34.7. The molecule has 0 bridgehead atoms. The van der Waals surface area contributed by atoms with E-state index in [0.717, 1.165) is 12.8 Å². The number of rotatable bonds is 4. The van der Waals surface area contributed by atoms with E-state index >= 15 is 0 Å². The van der Waals surface area contributed by atoms with Gasteiger partial charge in [-0.3, -0.25) is 0 Å². The summed E-state index contributed by atoms with van der Waals surface area (Å²) in [5, 5.41) is 6.47. The van der Waals surface area contributed by atoms with Crippen LogP contribution in [-0.4, -0.2) is 9.13 Å². The minimum atomic E-state index is -0.0782. The summed E-state index contributed by atoms with van der Waals surface area (Å²) in [5.41, 5.74) is 19.2. The maximum atomic E-state index is 2.53. The van der Waals surface area contributed by atoms with Crippen molar-refractivity contribution in [1.82, 2.24) is 9.13 Å². The van der Waals surface area contributed by atoms with Crippen LogP contribution in [0, 0.1) is 0 Å². The second kappa shape index (κ2) is 13.4. The van der Waals surface area contributed by atoms with E-state index in [1.165, 1.54) is 120 Å². The molecule has 3 aliphatic rings. The third-order valence-corrected chi connectivity index (χ3v) is 15.0. The lowest BCUT2D eigenvalue weighted by Gasteiger charge is -2.22. The van der Waals surface area contributed by atoms with Gasteiger partial charge in [0.05, 0.1) is 22.2 Å². The van der Waals surface area contributed by atoms with Gasteiger partial charge in [0.2, 0.25) is 0 Å². The van der Waals surface area contributed by atoms with Crippen LogP contribution < -0.4 is 0 Å². The number of nitrogens with zero attached hydrogens (tertiary/aromatic N) is 2. The molecule has 0 aliphatic heterocycles. The van der Waals surface area contributed by atoms with Gasteiger partial charge in [-0.2, -0.15) is 0 Å². The number of fused-ring (bicyclic) bond motifs is 12. The van der Waals surface area contributed by atoms with Crippen molar-refractivity contribution >= 4 is 81.6 Å². The number of thiophene rings is 1. The van der Waals surface area contributed by atoms with Crippen molar-refractivity contribution in [2.45, 2.75) is 32.1 Å². The molecule has 0 spiro atoms. The Morgan fingerprint density at radius 3 is 2.16 bits per heavy atom. The predicted molar refractivity (Wildman–Crippen MR) is 266 cm³/mol. The Hall–Kier alpha value is -7.20. The SMILES string of the molecule is CC1(C)c2ccccc2-c2ccc(-c3cc(-n4c5c(c6ccccc64)CC(c4ccc6c(c4)c4ccccc4n6C4=CC=CCC=C4)=CC=C5)cc4c3sc3ccccc34)cc21. The van der Waals surface area contributed by atoms with Crippen LogP contribution in [0.4, 0.5) is 0 Å². The maximum absolute atomic E-state index is 2.53. The van der Waals surface area contributed by atoms with E-state index < -0.39 is 0 Å². The Kier molecular flexibility index (Phi) is 7.68. The summed E-state index contributed by atoms with van der Waals surface area (Å²) < 4.78 is 7.60. The highest BCUT2D eigenvalue weighted by atomic mass is 32.1. The molecule has 7 aromatic carbocycles. The van der Waals surface area contributed by atoms with Crippen molar-refractivity contribution in [1.29, 1.82) is 0 Å². The molecule has 62 heavy (non-hydrogen) atoms. The maximum Gasteiger partial charge on any atom is 0.0541 e. The van der Waals surface area contributed by atoms with E-state index in [1.54, 1.807) is 0 Å². The largest absolute Gasteiger partial charge is 0.310 e. The molecule has 0 radical (unpaired) electrons. The summed E-state index contributed by atoms with van der Waals surface area (Å²) in [7, 11) is 0. The molecule has 10 aromatic rings. The van der Waals surface area contributed by atoms with Gasteiger partial charge >= 0.3 is 0 Å². The molecule has 0 saturated heterocycles. The molecule has 294 valence electrons. The fraction of sp³-hybridized carbons (Fsp3) is 0.0847. The molecule has 0 atom stereocenters. The van der Waals surface area contributed by atoms with Crippen molar-refractivity contribution in [2.24, 2.45) is 0 Å². The molecule has 3 aromatic heterocycles. The number of benzene rings is 7. The van der Waals surface area contributed by atoms with Crippen molar-refractivity contribution in [3.63, 3.8) is 0 Å². The molecule has 13 rings (SSSR count). The van der Waals surface area contributed by atoms with E-state index in [1.807, 2.05) is 11.3 Å². The smallest absolute Gasteiger partial charge is 0.0541 e. The zero-order valence-corrected chi connectivity index (χ0v) is 35.5. The molecule has 3 aliphatic carbocycles. The van der Waals surface area contributed by atoms with E-state index in [-0.39, 0.29) is 5.41 Å². The minimum absolute atomic E-state index is 0.0782. The number of hydrogen-bond donors (Lipinski definition) is 0. The first-order valence-electron chi connectivity index (χ1n) is 21.8. The van der Waals surface area contributed by atoms with Crippen molar-refractivity contribution < 1.29 is 0 Å². The lowest BCUT2D eigenvalue weighted by molar-refractivity contribution is 0.660. The topological polar surface area (TPSA) is 9.86 Å². The number of hydrogen-bond acceptors (Lipinski definition) is 1. The van der Waals surface area contributed by atoms with Gasteiger partial charge in [-0.1, -0.05) is 141 Å². The van der Waals surface area contributed by atoms with E-state index in [4.69, 9.17) is 0 Å². The lowest BCUT2D eigenvalue weighted by atomic mass is 9.81. The van der Waals surface area contributed by atoms with Gasteiger partial charge < -0.3 is 9.13 Å². The normalized spacial score (nSPS) is 15.3. The van der Waals surface area contributed by atoms with Crippen molar-refractivity contribution in [3.05, 3.63) is 216 Å². The summed E-state index contributed by atoms with van der Waals surface area (Å²) >= 11 is 1.91. The summed E-state index contributed by atoms with van der Waals surface area (Å²) in [6.45, 7) is 4.76. The minimum Gasteiger partial charge on any atom is -0.310 e. The van der Waals surface area contributed by atoms with Gasteiger partial charge in [0, 0.05) is 65.1 Å². The molecular weight excluding hydrogens is 769 g/mol. The molecular formula is C59H42N2S. The Balaban J connectivity index is 0.974. The first-order chi connectivity index (χ1) is 30.5. The van der Waals surface area contributed by atoms with Crippen LogP contribution in [0.1, 0.15) is 48.2 Å². The fourth-order valence-corrected chi connectivity index (χ4v) is 12.1. The number of aromatic nitrogens is 2. The Labute approximate surface area is 365 Å². The second-order valence-corrected chi connectivity index (χ2v) is 18.6. The molecule has 3 heteroatoms.